The maximum absolute atomic E-state index is 12.5. The zero-order chi connectivity index (χ0) is 16.8. The summed E-state index contributed by atoms with van der Waals surface area (Å²) >= 11 is 7.96. The van der Waals surface area contributed by atoms with Gasteiger partial charge in [0.1, 0.15) is 0 Å². The fourth-order valence-corrected chi connectivity index (χ4v) is 4.41. The molecule has 1 amide bonds. The van der Waals surface area contributed by atoms with Crippen LogP contribution < -0.4 is 9.64 Å². The van der Waals surface area contributed by atoms with E-state index < -0.39 is 6.10 Å². The average Bonchev–Trinajstić information content (AvgIpc) is 3.16. The van der Waals surface area contributed by atoms with Gasteiger partial charge in [0.25, 0.3) is 5.91 Å². The third kappa shape index (κ3) is 2.40. The van der Waals surface area contributed by atoms with Crippen LogP contribution in [0.3, 0.4) is 0 Å². The van der Waals surface area contributed by atoms with E-state index in [9.17, 15) is 4.79 Å². The number of ether oxygens (including phenoxy) is 1. The van der Waals surface area contributed by atoms with E-state index in [1.54, 1.807) is 29.8 Å². The lowest BCUT2D eigenvalue weighted by Crippen LogP contribution is -2.44. The van der Waals surface area contributed by atoms with Crippen molar-refractivity contribution in [2.75, 3.05) is 25.0 Å². The molecule has 0 saturated carbocycles. The molecule has 5 nitrogen and oxygen atoms in total. The number of aliphatic imine (C=N–C) groups is 1. The van der Waals surface area contributed by atoms with Gasteiger partial charge in [0.2, 0.25) is 0 Å². The number of carbonyl (C=O) groups is 1. The fourth-order valence-electron chi connectivity index (χ4n) is 3.25. The number of halogens is 1. The summed E-state index contributed by atoms with van der Waals surface area (Å²) in [6.45, 7) is 3.72. The van der Waals surface area contributed by atoms with Crippen LogP contribution in [0.4, 0.5) is 5.69 Å². The molecule has 0 saturated heterocycles. The second kappa shape index (κ2) is 6.01. The maximum atomic E-state index is 12.5. The fraction of sp³-hybridized carbons (Fsp3) is 0.412. The molecule has 4 rings (SSSR count). The minimum atomic E-state index is -0.436. The summed E-state index contributed by atoms with van der Waals surface area (Å²) in [5, 5.41) is 3.69. The Hall–Kier alpha value is -1.66. The lowest BCUT2D eigenvalue weighted by Gasteiger charge is -2.34. The number of thioether (sulfide) groups is 1. The van der Waals surface area contributed by atoms with Crippen LogP contribution in [-0.2, 0) is 4.79 Å². The molecule has 1 aromatic carbocycles. The number of amides is 1. The number of amidine groups is 1. The van der Waals surface area contributed by atoms with Crippen molar-refractivity contribution in [3.8, 4) is 5.75 Å². The number of likely N-dealkylation sites (N-methyl/N-ethyl adjacent to an activating group) is 1. The number of benzene rings is 1. The van der Waals surface area contributed by atoms with Crippen molar-refractivity contribution in [1.29, 1.82) is 0 Å². The van der Waals surface area contributed by atoms with E-state index in [-0.39, 0.29) is 5.91 Å². The van der Waals surface area contributed by atoms with E-state index in [1.807, 2.05) is 6.07 Å². The van der Waals surface area contributed by atoms with Gasteiger partial charge >= 0.3 is 0 Å². The van der Waals surface area contributed by atoms with E-state index in [2.05, 4.69) is 22.2 Å². The Balaban J connectivity index is 1.81. The second-order valence-corrected chi connectivity index (χ2v) is 7.30. The maximum Gasteiger partial charge on any atom is 0.267 e. The molecule has 0 aromatic heterocycles. The van der Waals surface area contributed by atoms with Gasteiger partial charge in [0, 0.05) is 29.6 Å². The Kier molecular flexibility index (Phi) is 3.96. The van der Waals surface area contributed by atoms with E-state index in [4.69, 9.17) is 16.3 Å². The van der Waals surface area contributed by atoms with E-state index in [1.165, 1.54) is 0 Å². The third-order valence-corrected chi connectivity index (χ3v) is 5.58. The molecule has 7 heteroatoms. The molecule has 0 N–H and O–H groups in total. The van der Waals surface area contributed by atoms with Crippen molar-refractivity contribution >= 4 is 45.8 Å². The summed E-state index contributed by atoms with van der Waals surface area (Å²) in [6.07, 6.45) is 1.16. The summed E-state index contributed by atoms with van der Waals surface area (Å²) in [5.41, 5.74) is 2.70. The van der Waals surface area contributed by atoms with Gasteiger partial charge in [-0.2, -0.15) is 0 Å². The van der Waals surface area contributed by atoms with Gasteiger partial charge in [0.15, 0.2) is 17.0 Å². The first-order valence-corrected chi connectivity index (χ1v) is 9.33. The largest absolute Gasteiger partial charge is 0.478 e. The highest BCUT2D eigenvalue weighted by Gasteiger charge is 2.36. The predicted octanol–water partition coefficient (Wildman–Crippen LogP) is 3.58. The second-order valence-electron chi connectivity index (χ2n) is 6.03. The Morgan fingerprint density at radius 1 is 1.46 bits per heavy atom. The normalized spacial score (nSPS) is 22.1. The number of anilines is 1. The predicted molar refractivity (Wildman–Crippen MR) is 98.8 cm³/mol. The SMILES string of the molecule is CCCC1Oc2c(C3=CSC4=NCCN34)cc(Cl)cc2N(C)C1=O. The highest BCUT2D eigenvalue weighted by molar-refractivity contribution is 8.16. The first-order chi connectivity index (χ1) is 11.6. The summed E-state index contributed by atoms with van der Waals surface area (Å²) in [5.74, 6) is 0.718. The van der Waals surface area contributed by atoms with Crippen LogP contribution in [0.25, 0.3) is 5.70 Å². The Morgan fingerprint density at radius 2 is 2.29 bits per heavy atom. The molecule has 1 unspecified atom stereocenters. The van der Waals surface area contributed by atoms with Gasteiger partial charge in [-0.3, -0.25) is 9.79 Å². The van der Waals surface area contributed by atoms with Gasteiger partial charge in [-0.15, -0.1) is 0 Å². The monoisotopic (exact) mass is 363 g/mol. The van der Waals surface area contributed by atoms with E-state index in [0.29, 0.717) is 11.4 Å². The van der Waals surface area contributed by atoms with Gasteiger partial charge in [0.05, 0.1) is 17.9 Å². The molecule has 1 atom stereocenters. The molecule has 126 valence electrons. The standard InChI is InChI=1S/C17H18ClN3O2S/c1-3-4-14-16(22)20(2)12-8-10(18)7-11(15(12)23-14)13-9-24-17-19-5-6-21(13)17/h7-9,14H,3-6H2,1-2H3. The molecule has 3 aliphatic rings. The summed E-state index contributed by atoms with van der Waals surface area (Å²) in [7, 11) is 1.78. The smallest absolute Gasteiger partial charge is 0.267 e. The average molecular weight is 364 g/mol. The van der Waals surface area contributed by atoms with E-state index in [0.717, 1.165) is 47.4 Å². The lowest BCUT2D eigenvalue weighted by molar-refractivity contribution is -0.126. The Morgan fingerprint density at radius 3 is 3.08 bits per heavy atom. The minimum absolute atomic E-state index is 0.0178. The zero-order valence-electron chi connectivity index (χ0n) is 13.6. The van der Waals surface area contributed by atoms with E-state index >= 15 is 0 Å². The van der Waals surface area contributed by atoms with Gasteiger partial charge in [-0.05, 0) is 18.6 Å². The first kappa shape index (κ1) is 15.8. The third-order valence-electron chi connectivity index (χ3n) is 4.46. The van der Waals surface area contributed by atoms with Gasteiger partial charge in [-0.25, -0.2) is 0 Å². The van der Waals surface area contributed by atoms with Crippen LogP contribution in [0.2, 0.25) is 5.02 Å². The molecule has 24 heavy (non-hydrogen) atoms. The molecule has 0 fully saturated rings. The minimum Gasteiger partial charge on any atom is -0.478 e. The van der Waals surface area contributed by atoms with Crippen LogP contribution in [0.5, 0.6) is 5.75 Å². The number of carbonyl (C=O) groups excluding carboxylic acids is 1. The van der Waals surface area contributed by atoms with Crippen LogP contribution in [0.1, 0.15) is 25.3 Å². The van der Waals surface area contributed by atoms with Crippen molar-refractivity contribution < 1.29 is 9.53 Å². The first-order valence-electron chi connectivity index (χ1n) is 8.07. The van der Waals surface area contributed by atoms with Crippen molar-refractivity contribution in [3.05, 3.63) is 28.1 Å². The molecular formula is C17H18ClN3O2S. The van der Waals surface area contributed by atoms with Crippen LogP contribution in [0.15, 0.2) is 22.5 Å². The van der Waals surface area contributed by atoms with Crippen molar-refractivity contribution in [3.63, 3.8) is 0 Å². The molecule has 0 aliphatic carbocycles. The molecule has 3 heterocycles. The van der Waals surface area contributed by atoms with Crippen molar-refractivity contribution in [2.24, 2.45) is 4.99 Å². The molecule has 0 spiro atoms. The number of hydrogen-bond acceptors (Lipinski definition) is 5. The number of hydrogen-bond donors (Lipinski definition) is 0. The molecule has 1 aromatic rings. The molecule has 0 bridgehead atoms. The number of rotatable bonds is 3. The highest BCUT2D eigenvalue weighted by Crippen LogP contribution is 2.46. The zero-order valence-corrected chi connectivity index (χ0v) is 15.2. The summed E-state index contributed by atoms with van der Waals surface area (Å²) < 4.78 is 6.14. The van der Waals surface area contributed by atoms with Gasteiger partial charge in [-0.1, -0.05) is 36.7 Å². The van der Waals surface area contributed by atoms with Crippen molar-refractivity contribution in [1.82, 2.24) is 4.90 Å². The number of nitrogens with zero attached hydrogens (tertiary/aromatic N) is 3. The molecule has 3 aliphatic heterocycles. The van der Waals surface area contributed by atoms with Crippen LogP contribution in [0, 0.1) is 0 Å². The topological polar surface area (TPSA) is 45.1 Å². The lowest BCUT2D eigenvalue weighted by atomic mass is 10.0. The number of fused-ring (bicyclic) bond motifs is 2. The van der Waals surface area contributed by atoms with Crippen molar-refractivity contribution in [2.45, 2.75) is 25.9 Å². The Bertz CT molecular complexity index is 777. The molecule has 0 radical (unpaired) electrons. The molecular weight excluding hydrogens is 346 g/mol. The van der Waals surface area contributed by atoms with Gasteiger partial charge < -0.3 is 14.5 Å². The van der Waals surface area contributed by atoms with Crippen LogP contribution in [-0.4, -0.2) is 42.2 Å². The Labute approximate surface area is 150 Å². The van der Waals surface area contributed by atoms with Crippen LogP contribution >= 0.6 is 23.4 Å². The summed E-state index contributed by atoms with van der Waals surface area (Å²) in [6, 6.07) is 3.71. The highest BCUT2D eigenvalue weighted by atomic mass is 35.5. The summed E-state index contributed by atoms with van der Waals surface area (Å²) in [4.78, 5) is 20.9. The quantitative estimate of drug-likeness (QED) is 0.823.